The Morgan fingerprint density at radius 2 is 1.94 bits per heavy atom. The summed E-state index contributed by atoms with van der Waals surface area (Å²) >= 11 is 9.29. The average molecular weight is 477 g/mol. The number of aryl methyl sites for hydroxylation is 2. The number of ether oxygens (including phenoxy) is 2. The Morgan fingerprint density at radius 3 is 2.61 bits per heavy atom. The van der Waals surface area contributed by atoms with Crippen LogP contribution in [0, 0.1) is 13.8 Å². The number of esters is 1. The van der Waals surface area contributed by atoms with Crippen molar-refractivity contribution in [3.8, 4) is 17.1 Å². The van der Waals surface area contributed by atoms with Gasteiger partial charge in [0.25, 0.3) is 0 Å². The number of carbonyl (C=O) groups is 1. The van der Waals surface area contributed by atoms with Crippen LogP contribution < -0.4 is 4.74 Å². The Labute approximate surface area is 196 Å². The summed E-state index contributed by atoms with van der Waals surface area (Å²) in [4.78, 5) is 17.8. The first-order valence-corrected chi connectivity index (χ1v) is 12.0. The van der Waals surface area contributed by atoms with E-state index in [1.165, 1.54) is 11.5 Å². The second kappa shape index (κ2) is 10.0. The summed E-state index contributed by atoms with van der Waals surface area (Å²) in [7, 11) is 0. The third kappa shape index (κ3) is 5.99. The molecule has 0 N–H and O–H groups in total. The minimum atomic E-state index is -1.04. The summed E-state index contributed by atoms with van der Waals surface area (Å²) in [5, 5.41) is 1.66. The van der Waals surface area contributed by atoms with Crippen LogP contribution in [0.3, 0.4) is 0 Å². The fourth-order valence-corrected chi connectivity index (χ4v) is 4.57. The van der Waals surface area contributed by atoms with Gasteiger partial charge in [-0.2, -0.15) is 4.37 Å². The molecule has 0 aliphatic carbocycles. The first-order valence-electron chi connectivity index (χ1n) is 9.88. The van der Waals surface area contributed by atoms with E-state index in [1.807, 2.05) is 50.2 Å². The molecule has 5 nitrogen and oxygen atoms in total. The van der Waals surface area contributed by atoms with Crippen LogP contribution in [-0.4, -0.2) is 27.5 Å². The zero-order chi connectivity index (χ0) is 22.6. The molecule has 1 aromatic heterocycles. The van der Waals surface area contributed by atoms with Gasteiger partial charge in [0.05, 0.1) is 12.4 Å². The molecular formula is C23H25ClN2O3S2. The Morgan fingerprint density at radius 1 is 1.16 bits per heavy atom. The van der Waals surface area contributed by atoms with Crippen LogP contribution in [0.4, 0.5) is 0 Å². The number of nitrogens with zero attached hydrogens (tertiary/aromatic N) is 2. The third-order valence-corrected chi connectivity index (χ3v) is 6.84. The Kier molecular flexibility index (Phi) is 7.62. The highest BCUT2D eigenvalue weighted by atomic mass is 35.5. The zero-order valence-corrected chi connectivity index (χ0v) is 20.6. The lowest BCUT2D eigenvalue weighted by Gasteiger charge is -2.25. The zero-order valence-electron chi connectivity index (χ0n) is 18.2. The fourth-order valence-electron chi connectivity index (χ4n) is 2.76. The van der Waals surface area contributed by atoms with Gasteiger partial charge in [0.1, 0.15) is 10.8 Å². The molecule has 0 radical (unpaired) electrons. The molecular weight excluding hydrogens is 452 g/mol. The van der Waals surface area contributed by atoms with E-state index in [2.05, 4.69) is 9.36 Å². The van der Waals surface area contributed by atoms with Gasteiger partial charge in [-0.25, -0.2) is 9.78 Å². The standard InChI is InChI=1S/C23H25ClN2O3S2/c1-6-28-22(27)23(4,5)29-19-10-9-17(11-15(19)3)30-13-20-25-21(26-31-20)16-8-7-14(2)18(24)12-16/h7-12H,6,13H2,1-5H3. The largest absolute Gasteiger partial charge is 0.476 e. The highest BCUT2D eigenvalue weighted by Gasteiger charge is 2.32. The first-order chi connectivity index (χ1) is 14.7. The normalized spacial score (nSPS) is 11.4. The summed E-state index contributed by atoms with van der Waals surface area (Å²) in [6.07, 6.45) is 0. The minimum Gasteiger partial charge on any atom is -0.476 e. The summed E-state index contributed by atoms with van der Waals surface area (Å²) in [6, 6.07) is 11.8. The molecule has 3 rings (SSSR count). The van der Waals surface area contributed by atoms with E-state index < -0.39 is 5.60 Å². The lowest BCUT2D eigenvalue weighted by molar-refractivity contribution is -0.158. The molecule has 0 saturated carbocycles. The number of carbonyl (C=O) groups excluding carboxylic acids is 1. The Balaban J connectivity index is 1.64. The molecule has 2 aromatic carbocycles. The molecule has 3 aromatic rings. The van der Waals surface area contributed by atoms with Gasteiger partial charge in [-0.15, -0.1) is 11.8 Å². The van der Waals surface area contributed by atoms with Crippen molar-refractivity contribution in [3.63, 3.8) is 0 Å². The predicted molar refractivity (Wildman–Crippen MR) is 127 cm³/mol. The van der Waals surface area contributed by atoms with Crippen molar-refractivity contribution >= 4 is 40.9 Å². The minimum absolute atomic E-state index is 0.324. The summed E-state index contributed by atoms with van der Waals surface area (Å²) in [5.74, 6) is 1.70. The number of hydrogen-bond acceptors (Lipinski definition) is 7. The van der Waals surface area contributed by atoms with Gasteiger partial charge in [0, 0.05) is 15.5 Å². The maximum Gasteiger partial charge on any atom is 0.349 e. The number of hydrogen-bond donors (Lipinski definition) is 0. The van der Waals surface area contributed by atoms with Crippen molar-refractivity contribution in [1.82, 2.24) is 9.36 Å². The van der Waals surface area contributed by atoms with Gasteiger partial charge in [-0.05, 0) is 81.5 Å². The summed E-state index contributed by atoms with van der Waals surface area (Å²) in [5.41, 5.74) is 1.86. The second-order valence-corrected chi connectivity index (χ2v) is 9.82. The SMILES string of the molecule is CCOC(=O)C(C)(C)Oc1ccc(SCc2nc(-c3ccc(C)c(Cl)c3)ns2)cc1C. The van der Waals surface area contributed by atoms with Crippen molar-refractivity contribution in [3.05, 3.63) is 57.6 Å². The molecule has 0 fully saturated rings. The topological polar surface area (TPSA) is 61.3 Å². The van der Waals surface area contributed by atoms with E-state index >= 15 is 0 Å². The molecule has 0 atom stereocenters. The maximum atomic E-state index is 12.1. The highest BCUT2D eigenvalue weighted by molar-refractivity contribution is 7.98. The van der Waals surface area contributed by atoms with Crippen LogP contribution in [0.25, 0.3) is 11.4 Å². The van der Waals surface area contributed by atoms with Crippen LogP contribution >= 0.6 is 34.9 Å². The van der Waals surface area contributed by atoms with E-state index in [1.54, 1.807) is 32.5 Å². The van der Waals surface area contributed by atoms with E-state index in [4.69, 9.17) is 21.1 Å². The molecule has 0 bridgehead atoms. The van der Waals surface area contributed by atoms with Gasteiger partial charge in [0.2, 0.25) is 0 Å². The molecule has 0 spiro atoms. The Hall–Kier alpha value is -2.09. The molecule has 0 aliphatic heterocycles. The maximum absolute atomic E-state index is 12.1. The first kappa shape index (κ1) is 23.6. The van der Waals surface area contributed by atoms with E-state index in [9.17, 15) is 4.79 Å². The predicted octanol–water partition coefficient (Wildman–Crippen LogP) is 6.49. The van der Waals surface area contributed by atoms with Crippen LogP contribution in [0.2, 0.25) is 5.02 Å². The van der Waals surface area contributed by atoms with Crippen molar-refractivity contribution in [2.24, 2.45) is 0 Å². The van der Waals surface area contributed by atoms with Gasteiger partial charge in [-0.3, -0.25) is 0 Å². The Bertz CT molecular complexity index is 1080. The van der Waals surface area contributed by atoms with Crippen LogP contribution in [0.1, 0.15) is 36.9 Å². The second-order valence-electron chi connectivity index (χ2n) is 7.52. The molecule has 31 heavy (non-hydrogen) atoms. The quantitative estimate of drug-likeness (QED) is 0.273. The fraction of sp³-hybridized carbons (Fsp3) is 0.348. The van der Waals surface area contributed by atoms with Gasteiger partial charge in [-0.1, -0.05) is 23.7 Å². The van der Waals surface area contributed by atoms with E-state index in [0.717, 1.165) is 26.6 Å². The number of rotatable bonds is 8. The number of benzene rings is 2. The number of halogens is 1. The molecule has 0 unspecified atom stereocenters. The molecule has 0 amide bonds. The van der Waals surface area contributed by atoms with Gasteiger partial charge < -0.3 is 9.47 Å². The lowest BCUT2D eigenvalue weighted by atomic mass is 10.1. The van der Waals surface area contributed by atoms with Crippen LogP contribution in [0.5, 0.6) is 5.75 Å². The molecule has 8 heteroatoms. The molecule has 0 aliphatic rings. The van der Waals surface area contributed by atoms with E-state index in [-0.39, 0.29) is 5.97 Å². The highest BCUT2D eigenvalue weighted by Crippen LogP contribution is 2.31. The van der Waals surface area contributed by atoms with Crippen LogP contribution in [-0.2, 0) is 15.3 Å². The summed E-state index contributed by atoms with van der Waals surface area (Å²) < 4.78 is 15.5. The summed E-state index contributed by atoms with van der Waals surface area (Å²) in [6.45, 7) is 9.46. The lowest BCUT2D eigenvalue weighted by Crippen LogP contribution is -2.39. The van der Waals surface area contributed by atoms with Gasteiger partial charge in [0.15, 0.2) is 11.4 Å². The third-order valence-electron chi connectivity index (χ3n) is 4.54. The van der Waals surface area contributed by atoms with Crippen molar-refractivity contribution in [1.29, 1.82) is 0 Å². The van der Waals surface area contributed by atoms with Crippen molar-refractivity contribution < 1.29 is 14.3 Å². The van der Waals surface area contributed by atoms with Crippen molar-refractivity contribution in [2.45, 2.75) is 50.9 Å². The molecule has 0 saturated heterocycles. The smallest absolute Gasteiger partial charge is 0.349 e. The molecule has 164 valence electrons. The van der Waals surface area contributed by atoms with Crippen LogP contribution in [0.15, 0.2) is 41.3 Å². The van der Waals surface area contributed by atoms with Crippen molar-refractivity contribution in [2.75, 3.05) is 6.61 Å². The average Bonchev–Trinajstić information content (AvgIpc) is 3.19. The van der Waals surface area contributed by atoms with E-state index in [0.29, 0.717) is 29.0 Å². The number of thioether (sulfide) groups is 1. The number of aromatic nitrogens is 2. The van der Waals surface area contributed by atoms with Gasteiger partial charge >= 0.3 is 5.97 Å². The monoisotopic (exact) mass is 476 g/mol. The molecule has 1 heterocycles.